The number of nitrogens with one attached hydrogen (secondary N) is 1. The van der Waals surface area contributed by atoms with Gasteiger partial charge < -0.3 is 10.2 Å². The molecular formula is C22H26Cl2N4O6S. The van der Waals surface area contributed by atoms with Crippen LogP contribution in [0, 0.1) is 17.0 Å². The molecule has 0 spiro atoms. The molecule has 0 aromatic heterocycles. The van der Waals surface area contributed by atoms with Crippen molar-refractivity contribution >= 4 is 56.4 Å². The molecule has 190 valence electrons. The van der Waals surface area contributed by atoms with Crippen LogP contribution in [0.1, 0.15) is 24.5 Å². The van der Waals surface area contributed by atoms with Crippen molar-refractivity contribution in [2.75, 3.05) is 24.2 Å². The molecule has 0 fully saturated rings. The van der Waals surface area contributed by atoms with Gasteiger partial charge in [0.1, 0.15) is 12.6 Å². The molecule has 10 nitrogen and oxygen atoms in total. The summed E-state index contributed by atoms with van der Waals surface area (Å²) in [6.07, 6.45) is 1.15. The number of carbonyl (C=O) groups is 2. The van der Waals surface area contributed by atoms with E-state index in [9.17, 15) is 28.1 Å². The van der Waals surface area contributed by atoms with Gasteiger partial charge in [0.15, 0.2) is 0 Å². The number of carbonyl (C=O) groups excluding carboxylic acids is 2. The first-order chi connectivity index (χ1) is 16.3. The Kier molecular flexibility index (Phi) is 9.47. The molecule has 2 rings (SSSR count). The summed E-state index contributed by atoms with van der Waals surface area (Å²) in [4.78, 5) is 38.0. The number of halogens is 2. The molecule has 0 radical (unpaired) electrons. The number of aryl methyl sites for hydroxylation is 1. The zero-order chi connectivity index (χ0) is 26.5. The highest BCUT2D eigenvalue weighted by molar-refractivity contribution is 7.92. The Morgan fingerprint density at radius 1 is 1.14 bits per heavy atom. The molecule has 2 aromatic carbocycles. The number of benzene rings is 2. The molecule has 13 heteroatoms. The minimum atomic E-state index is -4.03. The first kappa shape index (κ1) is 28.3. The third kappa shape index (κ3) is 7.06. The van der Waals surface area contributed by atoms with Crippen molar-refractivity contribution < 1.29 is 22.9 Å². The van der Waals surface area contributed by atoms with Gasteiger partial charge in [-0.1, -0.05) is 42.3 Å². The third-order valence-electron chi connectivity index (χ3n) is 5.32. The number of hydrogen-bond donors (Lipinski definition) is 1. The lowest BCUT2D eigenvalue weighted by Gasteiger charge is -2.33. The van der Waals surface area contributed by atoms with Crippen LogP contribution in [-0.4, -0.2) is 55.9 Å². The quantitative estimate of drug-likeness (QED) is 0.359. The van der Waals surface area contributed by atoms with Crippen LogP contribution in [0.25, 0.3) is 0 Å². The summed E-state index contributed by atoms with van der Waals surface area (Å²) in [5, 5.41) is 14.3. The lowest BCUT2D eigenvalue weighted by Crippen LogP contribution is -2.51. The highest BCUT2D eigenvalue weighted by Gasteiger charge is 2.32. The van der Waals surface area contributed by atoms with E-state index in [1.807, 2.05) is 0 Å². The lowest BCUT2D eigenvalue weighted by molar-refractivity contribution is -0.384. The first-order valence-corrected chi connectivity index (χ1v) is 13.1. The standard InChI is InChI=1S/C22H26Cl2N4O6S/c1-5-19(22(30)25-3)26(12-15-7-9-17(23)18(24)10-15)21(29)13-27(35(4,33)34)20-11-16(28(31)32)8-6-14(20)2/h6-11,19H,5,12-13H2,1-4H3,(H,25,30)/t19-/m1/s1. The molecule has 0 bridgehead atoms. The predicted octanol–water partition coefficient (Wildman–Crippen LogP) is 3.53. The van der Waals surface area contributed by atoms with Gasteiger partial charge in [-0.25, -0.2) is 8.42 Å². The van der Waals surface area contributed by atoms with Gasteiger partial charge in [0, 0.05) is 25.7 Å². The molecule has 0 aliphatic carbocycles. The van der Waals surface area contributed by atoms with E-state index in [4.69, 9.17) is 23.2 Å². The van der Waals surface area contributed by atoms with Crippen molar-refractivity contribution in [1.29, 1.82) is 0 Å². The maximum absolute atomic E-state index is 13.5. The minimum absolute atomic E-state index is 0.00229. The number of amides is 2. The van der Waals surface area contributed by atoms with Gasteiger partial charge in [0.25, 0.3) is 5.69 Å². The molecule has 2 amide bonds. The van der Waals surface area contributed by atoms with Crippen molar-refractivity contribution in [3.8, 4) is 0 Å². The molecule has 0 unspecified atom stereocenters. The number of hydrogen-bond acceptors (Lipinski definition) is 6. The van der Waals surface area contributed by atoms with Crippen LogP contribution in [0.2, 0.25) is 10.0 Å². The Balaban J connectivity index is 2.53. The topological polar surface area (TPSA) is 130 Å². The van der Waals surface area contributed by atoms with E-state index in [0.29, 0.717) is 16.1 Å². The van der Waals surface area contributed by atoms with Crippen molar-refractivity contribution in [2.24, 2.45) is 0 Å². The van der Waals surface area contributed by atoms with E-state index >= 15 is 0 Å². The highest BCUT2D eigenvalue weighted by Crippen LogP contribution is 2.28. The van der Waals surface area contributed by atoms with Crippen LogP contribution >= 0.6 is 23.2 Å². The summed E-state index contributed by atoms with van der Waals surface area (Å²) in [6.45, 7) is 2.57. The molecule has 0 aliphatic rings. The van der Waals surface area contributed by atoms with Gasteiger partial charge in [-0.15, -0.1) is 0 Å². The zero-order valence-corrected chi connectivity index (χ0v) is 21.9. The summed E-state index contributed by atoms with van der Waals surface area (Å²) >= 11 is 12.1. The largest absolute Gasteiger partial charge is 0.357 e. The second-order valence-corrected chi connectivity index (χ2v) is 10.5. The number of likely N-dealkylation sites (N-methyl/N-ethyl adjacent to an activating group) is 1. The van der Waals surface area contributed by atoms with Crippen molar-refractivity contribution in [1.82, 2.24) is 10.2 Å². The maximum atomic E-state index is 13.5. The number of nitro groups is 1. The molecule has 35 heavy (non-hydrogen) atoms. The van der Waals surface area contributed by atoms with Gasteiger partial charge in [0.05, 0.1) is 26.9 Å². The molecule has 1 atom stereocenters. The average Bonchev–Trinajstić information content (AvgIpc) is 2.78. The van der Waals surface area contributed by atoms with Crippen LogP contribution in [0.4, 0.5) is 11.4 Å². The van der Waals surface area contributed by atoms with Crippen molar-refractivity contribution in [2.45, 2.75) is 32.9 Å². The number of nitro benzene ring substituents is 1. The summed E-state index contributed by atoms with van der Waals surface area (Å²) in [7, 11) is -2.60. The molecule has 2 aromatic rings. The molecule has 0 aliphatic heterocycles. The number of nitrogens with zero attached hydrogens (tertiary/aromatic N) is 3. The Morgan fingerprint density at radius 3 is 2.31 bits per heavy atom. The number of sulfonamides is 1. The van der Waals surface area contributed by atoms with Crippen LogP contribution in [0.5, 0.6) is 0 Å². The molecule has 0 saturated heterocycles. The Labute approximate surface area is 214 Å². The van der Waals surface area contributed by atoms with Crippen molar-refractivity contribution in [3.63, 3.8) is 0 Å². The summed E-state index contributed by atoms with van der Waals surface area (Å²) in [5.74, 6) is -1.11. The van der Waals surface area contributed by atoms with Crippen LogP contribution < -0.4 is 9.62 Å². The van der Waals surface area contributed by atoms with E-state index in [-0.39, 0.29) is 29.4 Å². The lowest BCUT2D eigenvalue weighted by atomic mass is 10.1. The third-order valence-corrected chi connectivity index (χ3v) is 7.19. The smallest absolute Gasteiger partial charge is 0.271 e. The average molecular weight is 545 g/mol. The Hall–Kier alpha value is -2.89. The van der Waals surface area contributed by atoms with E-state index in [1.54, 1.807) is 32.0 Å². The fraction of sp³-hybridized carbons (Fsp3) is 0.364. The van der Waals surface area contributed by atoms with Crippen molar-refractivity contribution in [3.05, 3.63) is 67.7 Å². The highest BCUT2D eigenvalue weighted by atomic mass is 35.5. The van der Waals surface area contributed by atoms with E-state index in [0.717, 1.165) is 16.6 Å². The molecular weight excluding hydrogens is 519 g/mol. The van der Waals surface area contributed by atoms with E-state index in [2.05, 4.69) is 5.32 Å². The van der Waals surface area contributed by atoms with Crippen LogP contribution in [0.3, 0.4) is 0 Å². The molecule has 1 N–H and O–H groups in total. The van der Waals surface area contributed by atoms with Gasteiger partial charge in [-0.2, -0.15) is 0 Å². The SMILES string of the molecule is CC[C@H](C(=O)NC)N(Cc1ccc(Cl)c(Cl)c1)C(=O)CN(c1cc([N+](=O)[O-])ccc1C)S(C)(=O)=O. The Bertz CT molecular complexity index is 1240. The predicted molar refractivity (Wildman–Crippen MR) is 135 cm³/mol. The number of rotatable bonds is 10. The van der Waals surface area contributed by atoms with Gasteiger partial charge in [-0.3, -0.25) is 24.0 Å². The first-order valence-electron chi connectivity index (χ1n) is 10.5. The van der Waals surface area contributed by atoms with Crippen LogP contribution in [0.15, 0.2) is 36.4 Å². The van der Waals surface area contributed by atoms with E-state index in [1.165, 1.54) is 24.1 Å². The number of non-ortho nitro benzene ring substituents is 1. The second-order valence-electron chi connectivity index (χ2n) is 7.81. The van der Waals surface area contributed by atoms with Gasteiger partial charge >= 0.3 is 0 Å². The van der Waals surface area contributed by atoms with Gasteiger partial charge in [-0.05, 0) is 36.6 Å². The molecule has 0 heterocycles. The summed E-state index contributed by atoms with van der Waals surface area (Å²) in [6, 6.07) is 7.60. The number of anilines is 1. The monoisotopic (exact) mass is 544 g/mol. The van der Waals surface area contributed by atoms with Gasteiger partial charge in [0.2, 0.25) is 21.8 Å². The second kappa shape index (κ2) is 11.7. The summed E-state index contributed by atoms with van der Waals surface area (Å²) < 4.78 is 26.1. The van der Waals surface area contributed by atoms with Crippen LogP contribution in [-0.2, 0) is 26.2 Å². The summed E-state index contributed by atoms with van der Waals surface area (Å²) in [5.41, 5.74) is 0.671. The maximum Gasteiger partial charge on any atom is 0.271 e. The van der Waals surface area contributed by atoms with E-state index < -0.39 is 39.3 Å². The molecule has 0 saturated carbocycles. The normalized spacial score (nSPS) is 12.1. The fourth-order valence-corrected chi connectivity index (χ4v) is 4.72. The zero-order valence-electron chi connectivity index (χ0n) is 19.6. The minimum Gasteiger partial charge on any atom is -0.357 e. The Morgan fingerprint density at radius 2 is 1.80 bits per heavy atom. The fourth-order valence-electron chi connectivity index (χ4n) is 3.50.